The maximum absolute atomic E-state index is 3.65. The summed E-state index contributed by atoms with van der Waals surface area (Å²) in [6.45, 7) is 5.43. The molecule has 1 aliphatic carbocycles. The maximum atomic E-state index is 3.65. The van der Waals surface area contributed by atoms with Crippen LogP contribution in [-0.4, -0.2) is 6.54 Å². The Morgan fingerprint density at radius 2 is 2.18 bits per heavy atom. The minimum atomic E-state index is 0.469. The first kappa shape index (κ1) is 12.8. The number of rotatable bonds is 4. The van der Waals surface area contributed by atoms with Gasteiger partial charge in [-0.2, -0.15) is 0 Å². The van der Waals surface area contributed by atoms with Gasteiger partial charge in [0.25, 0.3) is 0 Å². The van der Waals surface area contributed by atoms with Gasteiger partial charge in [-0.1, -0.05) is 25.0 Å². The van der Waals surface area contributed by atoms with Crippen LogP contribution >= 0.6 is 11.3 Å². The summed E-state index contributed by atoms with van der Waals surface area (Å²) in [5, 5.41) is 3.65. The second-order valence-corrected chi connectivity index (χ2v) is 6.14. The number of thiophene rings is 1. The van der Waals surface area contributed by atoms with Crippen LogP contribution in [0.2, 0.25) is 0 Å². The summed E-state index contributed by atoms with van der Waals surface area (Å²) in [5.74, 6) is 0. The van der Waals surface area contributed by atoms with E-state index < -0.39 is 0 Å². The SMILES string of the molecule is CCNC(C1=CCCCCC1)c1ccc(C)s1. The van der Waals surface area contributed by atoms with Gasteiger partial charge in [0, 0.05) is 9.75 Å². The molecule has 17 heavy (non-hydrogen) atoms. The largest absolute Gasteiger partial charge is 0.306 e. The predicted octanol–water partition coefficient (Wildman–Crippen LogP) is 4.60. The Bertz CT molecular complexity index is 378. The highest BCUT2D eigenvalue weighted by Gasteiger charge is 2.17. The molecule has 1 atom stereocenters. The lowest BCUT2D eigenvalue weighted by molar-refractivity contribution is 0.597. The van der Waals surface area contributed by atoms with E-state index in [2.05, 4.69) is 37.4 Å². The molecule has 1 aromatic heterocycles. The summed E-state index contributed by atoms with van der Waals surface area (Å²) in [5.41, 5.74) is 1.62. The number of aryl methyl sites for hydroxylation is 1. The van der Waals surface area contributed by atoms with Crippen LogP contribution in [-0.2, 0) is 0 Å². The molecule has 0 radical (unpaired) electrons. The van der Waals surface area contributed by atoms with E-state index >= 15 is 0 Å². The van der Waals surface area contributed by atoms with Gasteiger partial charge in [-0.05, 0) is 51.3 Å². The molecule has 0 bridgehead atoms. The van der Waals surface area contributed by atoms with Gasteiger partial charge >= 0.3 is 0 Å². The van der Waals surface area contributed by atoms with E-state index in [1.54, 1.807) is 5.57 Å². The molecule has 0 amide bonds. The van der Waals surface area contributed by atoms with E-state index in [0.717, 1.165) is 6.54 Å². The molecule has 1 aliphatic rings. The molecule has 1 N–H and O–H groups in total. The standard InChI is InChI=1S/C15H23NS/c1-3-16-15(14-11-10-12(2)17-14)13-8-6-4-5-7-9-13/h8,10-11,15-16H,3-7,9H2,1-2H3. The number of nitrogens with one attached hydrogen (secondary N) is 1. The van der Waals surface area contributed by atoms with E-state index in [0.29, 0.717) is 6.04 Å². The Kier molecular flexibility index (Phi) is 4.81. The van der Waals surface area contributed by atoms with Crippen LogP contribution in [0.1, 0.15) is 54.8 Å². The van der Waals surface area contributed by atoms with Crippen molar-refractivity contribution in [3.63, 3.8) is 0 Å². The number of hydrogen-bond acceptors (Lipinski definition) is 2. The molecular formula is C15H23NS. The monoisotopic (exact) mass is 249 g/mol. The Labute approximate surface area is 109 Å². The Morgan fingerprint density at radius 3 is 2.88 bits per heavy atom. The lowest BCUT2D eigenvalue weighted by atomic mass is 10.0. The third-order valence-electron chi connectivity index (χ3n) is 3.40. The van der Waals surface area contributed by atoms with Gasteiger partial charge in [0.2, 0.25) is 0 Å². The first-order chi connectivity index (χ1) is 8.31. The van der Waals surface area contributed by atoms with E-state index in [1.165, 1.54) is 41.9 Å². The smallest absolute Gasteiger partial charge is 0.0630 e. The van der Waals surface area contributed by atoms with Crippen LogP contribution in [0.5, 0.6) is 0 Å². The van der Waals surface area contributed by atoms with Gasteiger partial charge in [-0.15, -0.1) is 11.3 Å². The van der Waals surface area contributed by atoms with E-state index in [9.17, 15) is 0 Å². The lowest BCUT2D eigenvalue weighted by Crippen LogP contribution is -2.22. The molecule has 1 unspecified atom stereocenters. The van der Waals surface area contributed by atoms with Crippen LogP contribution < -0.4 is 5.32 Å². The predicted molar refractivity (Wildman–Crippen MR) is 76.6 cm³/mol. The second-order valence-electron chi connectivity index (χ2n) is 4.82. The molecule has 2 rings (SSSR count). The topological polar surface area (TPSA) is 12.0 Å². The van der Waals surface area contributed by atoms with Crippen molar-refractivity contribution in [3.8, 4) is 0 Å². The van der Waals surface area contributed by atoms with Crippen molar-refractivity contribution in [2.45, 2.75) is 52.0 Å². The first-order valence-corrected chi connectivity index (χ1v) is 7.61. The minimum Gasteiger partial charge on any atom is -0.306 e. The average molecular weight is 249 g/mol. The maximum Gasteiger partial charge on any atom is 0.0630 e. The van der Waals surface area contributed by atoms with Crippen molar-refractivity contribution in [2.24, 2.45) is 0 Å². The Morgan fingerprint density at radius 1 is 1.29 bits per heavy atom. The molecule has 2 heteroatoms. The van der Waals surface area contributed by atoms with Gasteiger partial charge in [-0.3, -0.25) is 0 Å². The molecule has 1 nitrogen and oxygen atoms in total. The van der Waals surface area contributed by atoms with Crippen molar-refractivity contribution < 1.29 is 0 Å². The van der Waals surface area contributed by atoms with Crippen molar-refractivity contribution in [2.75, 3.05) is 6.54 Å². The van der Waals surface area contributed by atoms with Crippen molar-refractivity contribution >= 4 is 11.3 Å². The van der Waals surface area contributed by atoms with Gasteiger partial charge in [0.05, 0.1) is 6.04 Å². The zero-order chi connectivity index (χ0) is 12.1. The van der Waals surface area contributed by atoms with Crippen LogP contribution in [0.4, 0.5) is 0 Å². The number of allylic oxidation sites excluding steroid dienone is 1. The Balaban J connectivity index is 2.18. The van der Waals surface area contributed by atoms with Crippen LogP contribution in [0, 0.1) is 6.92 Å². The van der Waals surface area contributed by atoms with Crippen molar-refractivity contribution in [1.29, 1.82) is 0 Å². The van der Waals surface area contributed by atoms with Gasteiger partial charge in [0.15, 0.2) is 0 Å². The lowest BCUT2D eigenvalue weighted by Gasteiger charge is -2.20. The molecule has 0 aliphatic heterocycles. The normalized spacial score (nSPS) is 18.6. The fourth-order valence-corrected chi connectivity index (χ4v) is 3.53. The number of hydrogen-bond donors (Lipinski definition) is 1. The fourth-order valence-electron chi connectivity index (χ4n) is 2.53. The average Bonchev–Trinajstić information content (AvgIpc) is 2.60. The summed E-state index contributed by atoms with van der Waals surface area (Å²) in [6, 6.07) is 5.00. The molecular weight excluding hydrogens is 226 g/mol. The molecule has 0 aromatic carbocycles. The Hall–Kier alpha value is -0.600. The van der Waals surface area contributed by atoms with E-state index in [-0.39, 0.29) is 0 Å². The molecule has 1 heterocycles. The third kappa shape index (κ3) is 3.43. The van der Waals surface area contributed by atoms with Crippen LogP contribution in [0.25, 0.3) is 0 Å². The first-order valence-electron chi connectivity index (χ1n) is 6.80. The summed E-state index contributed by atoms with van der Waals surface area (Å²) < 4.78 is 0. The highest BCUT2D eigenvalue weighted by Crippen LogP contribution is 2.32. The quantitative estimate of drug-likeness (QED) is 0.769. The summed E-state index contributed by atoms with van der Waals surface area (Å²) >= 11 is 1.93. The molecule has 1 aromatic rings. The minimum absolute atomic E-state index is 0.469. The molecule has 0 fully saturated rings. The van der Waals surface area contributed by atoms with Crippen molar-refractivity contribution in [1.82, 2.24) is 5.32 Å². The van der Waals surface area contributed by atoms with Crippen LogP contribution in [0.3, 0.4) is 0 Å². The highest BCUT2D eigenvalue weighted by molar-refractivity contribution is 7.12. The molecule has 0 saturated carbocycles. The van der Waals surface area contributed by atoms with E-state index in [4.69, 9.17) is 0 Å². The molecule has 0 saturated heterocycles. The molecule has 94 valence electrons. The summed E-state index contributed by atoms with van der Waals surface area (Å²) in [7, 11) is 0. The van der Waals surface area contributed by atoms with Crippen molar-refractivity contribution in [3.05, 3.63) is 33.5 Å². The number of likely N-dealkylation sites (N-methyl/N-ethyl adjacent to an activating group) is 1. The fraction of sp³-hybridized carbons (Fsp3) is 0.600. The third-order valence-corrected chi connectivity index (χ3v) is 4.47. The van der Waals surface area contributed by atoms with E-state index in [1.807, 2.05) is 11.3 Å². The van der Waals surface area contributed by atoms with Gasteiger partial charge < -0.3 is 5.32 Å². The zero-order valence-electron chi connectivity index (χ0n) is 11.0. The van der Waals surface area contributed by atoms with Crippen LogP contribution in [0.15, 0.2) is 23.8 Å². The second kappa shape index (κ2) is 6.36. The summed E-state index contributed by atoms with van der Waals surface area (Å²) in [6.07, 6.45) is 9.14. The molecule has 0 spiro atoms. The zero-order valence-corrected chi connectivity index (χ0v) is 11.8. The summed E-state index contributed by atoms with van der Waals surface area (Å²) in [4.78, 5) is 2.90. The highest BCUT2D eigenvalue weighted by atomic mass is 32.1. The van der Waals surface area contributed by atoms with Gasteiger partial charge in [0.1, 0.15) is 0 Å². The van der Waals surface area contributed by atoms with Gasteiger partial charge in [-0.25, -0.2) is 0 Å².